The lowest BCUT2D eigenvalue weighted by Crippen LogP contribution is -2.42. The Morgan fingerprint density at radius 1 is 1.40 bits per heavy atom. The van der Waals surface area contributed by atoms with Gasteiger partial charge in [0.05, 0.1) is 25.3 Å². The molecule has 1 aliphatic rings. The molecule has 1 saturated heterocycles. The molecule has 0 amide bonds. The van der Waals surface area contributed by atoms with Gasteiger partial charge in [0.2, 0.25) is 0 Å². The molecule has 1 fully saturated rings. The van der Waals surface area contributed by atoms with Gasteiger partial charge in [0.15, 0.2) is 6.19 Å². The summed E-state index contributed by atoms with van der Waals surface area (Å²) in [6, 6.07) is 0. The highest BCUT2D eigenvalue weighted by atomic mass is 16.5. The number of hydrogen-bond acceptors (Lipinski definition) is 3. The van der Waals surface area contributed by atoms with E-state index in [1.807, 2.05) is 13.8 Å². The number of rotatable bonds is 0. The van der Waals surface area contributed by atoms with Crippen molar-refractivity contribution in [3.05, 3.63) is 0 Å². The van der Waals surface area contributed by atoms with E-state index < -0.39 is 0 Å². The van der Waals surface area contributed by atoms with Crippen LogP contribution >= 0.6 is 0 Å². The van der Waals surface area contributed by atoms with Gasteiger partial charge in [-0.3, -0.25) is 0 Å². The van der Waals surface area contributed by atoms with Crippen molar-refractivity contribution in [1.29, 1.82) is 5.26 Å². The molecule has 0 radical (unpaired) electrons. The molecule has 1 heterocycles. The maximum Gasteiger partial charge on any atom is 0.179 e. The first-order valence-electron chi connectivity index (χ1n) is 3.52. The number of morpholine rings is 1. The summed E-state index contributed by atoms with van der Waals surface area (Å²) in [7, 11) is 0. The third kappa shape index (κ3) is 1.61. The number of ether oxygens (including phenoxy) is 1. The van der Waals surface area contributed by atoms with E-state index in [4.69, 9.17) is 10.00 Å². The fraction of sp³-hybridized carbons (Fsp3) is 0.857. The zero-order chi connectivity index (χ0) is 7.56. The summed E-state index contributed by atoms with van der Waals surface area (Å²) < 4.78 is 5.43. The summed E-state index contributed by atoms with van der Waals surface area (Å²) in [5, 5.41) is 8.55. The first-order valence-corrected chi connectivity index (χ1v) is 3.52. The molecule has 0 aromatic carbocycles. The van der Waals surface area contributed by atoms with E-state index in [1.165, 1.54) is 0 Å². The number of hydrogen-bond donors (Lipinski definition) is 0. The monoisotopic (exact) mass is 140 g/mol. The van der Waals surface area contributed by atoms with Crippen molar-refractivity contribution in [1.82, 2.24) is 4.90 Å². The van der Waals surface area contributed by atoms with Gasteiger partial charge in [-0.2, -0.15) is 5.26 Å². The van der Waals surface area contributed by atoms with Gasteiger partial charge in [-0.25, -0.2) is 0 Å². The van der Waals surface area contributed by atoms with Crippen molar-refractivity contribution in [2.75, 3.05) is 13.1 Å². The van der Waals surface area contributed by atoms with Gasteiger partial charge < -0.3 is 9.64 Å². The van der Waals surface area contributed by atoms with Crippen LogP contribution in [0.5, 0.6) is 0 Å². The molecule has 1 rings (SSSR count). The summed E-state index contributed by atoms with van der Waals surface area (Å²) in [5.41, 5.74) is 0. The first-order chi connectivity index (χ1) is 4.72. The Kier molecular flexibility index (Phi) is 2.13. The van der Waals surface area contributed by atoms with Crippen molar-refractivity contribution in [3.63, 3.8) is 0 Å². The molecule has 3 heteroatoms. The molecule has 3 nitrogen and oxygen atoms in total. The van der Waals surface area contributed by atoms with Gasteiger partial charge in [-0.1, -0.05) is 0 Å². The summed E-state index contributed by atoms with van der Waals surface area (Å²) in [4.78, 5) is 1.73. The normalized spacial score (nSPS) is 33.5. The molecule has 0 bridgehead atoms. The average Bonchev–Trinajstić information content (AvgIpc) is 1.85. The molecule has 0 N–H and O–H groups in total. The summed E-state index contributed by atoms with van der Waals surface area (Å²) in [6.45, 7) is 5.45. The third-order valence-corrected chi connectivity index (χ3v) is 1.56. The number of nitrogens with zero attached hydrogens (tertiary/aromatic N) is 2. The Hall–Kier alpha value is -0.750. The quantitative estimate of drug-likeness (QED) is 0.462. The Morgan fingerprint density at radius 2 is 1.90 bits per heavy atom. The molecule has 0 aliphatic carbocycles. The van der Waals surface area contributed by atoms with E-state index in [0.717, 1.165) is 13.1 Å². The Bertz CT molecular complexity index is 142. The van der Waals surface area contributed by atoms with Crippen LogP contribution in [-0.2, 0) is 4.74 Å². The van der Waals surface area contributed by atoms with Gasteiger partial charge in [0.1, 0.15) is 0 Å². The highest BCUT2D eigenvalue weighted by molar-refractivity contribution is 4.81. The van der Waals surface area contributed by atoms with Crippen LogP contribution in [-0.4, -0.2) is 30.2 Å². The van der Waals surface area contributed by atoms with E-state index in [2.05, 4.69) is 6.19 Å². The van der Waals surface area contributed by atoms with Crippen LogP contribution in [0.4, 0.5) is 0 Å². The van der Waals surface area contributed by atoms with Crippen molar-refractivity contribution >= 4 is 0 Å². The van der Waals surface area contributed by atoms with Crippen molar-refractivity contribution < 1.29 is 4.74 Å². The van der Waals surface area contributed by atoms with E-state index >= 15 is 0 Å². The molecule has 1 aliphatic heterocycles. The molecule has 0 aromatic heterocycles. The van der Waals surface area contributed by atoms with Crippen molar-refractivity contribution in [2.24, 2.45) is 0 Å². The lowest BCUT2D eigenvalue weighted by Gasteiger charge is -2.31. The number of nitriles is 1. The SMILES string of the molecule is C[C@@H]1CN(C#N)C[C@H](C)O1. The maximum atomic E-state index is 8.55. The van der Waals surface area contributed by atoms with Crippen molar-refractivity contribution in [3.8, 4) is 6.19 Å². The van der Waals surface area contributed by atoms with E-state index in [-0.39, 0.29) is 12.2 Å². The molecular formula is C7H12N2O. The zero-order valence-corrected chi connectivity index (χ0v) is 6.37. The van der Waals surface area contributed by atoms with E-state index in [1.54, 1.807) is 4.90 Å². The second kappa shape index (κ2) is 2.89. The fourth-order valence-corrected chi connectivity index (χ4v) is 1.26. The molecule has 10 heavy (non-hydrogen) atoms. The predicted molar refractivity (Wildman–Crippen MR) is 37.2 cm³/mol. The molecule has 0 saturated carbocycles. The topological polar surface area (TPSA) is 36.3 Å². The molecule has 2 atom stereocenters. The lowest BCUT2D eigenvalue weighted by molar-refractivity contribution is -0.0516. The highest BCUT2D eigenvalue weighted by Crippen LogP contribution is 2.08. The minimum atomic E-state index is 0.198. The van der Waals surface area contributed by atoms with Gasteiger partial charge in [-0.05, 0) is 13.8 Å². The molecule has 56 valence electrons. The molecular weight excluding hydrogens is 128 g/mol. The molecule has 0 spiro atoms. The molecule has 0 aromatic rings. The first kappa shape index (κ1) is 7.36. The second-order valence-electron chi connectivity index (χ2n) is 2.76. The van der Waals surface area contributed by atoms with Gasteiger partial charge in [0, 0.05) is 0 Å². The van der Waals surface area contributed by atoms with Crippen LogP contribution < -0.4 is 0 Å². The fourth-order valence-electron chi connectivity index (χ4n) is 1.26. The minimum absolute atomic E-state index is 0.198. The van der Waals surface area contributed by atoms with Gasteiger partial charge in [-0.15, -0.1) is 0 Å². The largest absolute Gasteiger partial charge is 0.372 e. The Balaban J connectivity index is 2.44. The Morgan fingerprint density at radius 3 is 2.30 bits per heavy atom. The van der Waals surface area contributed by atoms with Crippen molar-refractivity contribution in [2.45, 2.75) is 26.1 Å². The summed E-state index contributed by atoms with van der Waals surface area (Å²) in [6.07, 6.45) is 2.51. The van der Waals surface area contributed by atoms with Crippen LogP contribution in [0.3, 0.4) is 0 Å². The standard InChI is InChI=1S/C7H12N2O/c1-6-3-9(5-8)4-7(2)10-6/h6-7H,3-4H2,1-2H3/t6-,7+. The van der Waals surface area contributed by atoms with E-state index in [0.29, 0.717) is 0 Å². The highest BCUT2D eigenvalue weighted by Gasteiger charge is 2.20. The maximum absolute atomic E-state index is 8.55. The summed E-state index contributed by atoms with van der Waals surface area (Å²) >= 11 is 0. The minimum Gasteiger partial charge on any atom is -0.372 e. The van der Waals surface area contributed by atoms with Crippen LogP contribution in [0.15, 0.2) is 0 Å². The molecule has 0 unspecified atom stereocenters. The average molecular weight is 140 g/mol. The van der Waals surface area contributed by atoms with E-state index in [9.17, 15) is 0 Å². The second-order valence-corrected chi connectivity index (χ2v) is 2.76. The lowest BCUT2D eigenvalue weighted by atomic mass is 10.2. The van der Waals surface area contributed by atoms with Gasteiger partial charge in [0.25, 0.3) is 0 Å². The predicted octanol–water partition coefficient (Wildman–Crippen LogP) is 0.577. The van der Waals surface area contributed by atoms with Gasteiger partial charge >= 0.3 is 0 Å². The van der Waals surface area contributed by atoms with Crippen LogP contribution in [0.2, 0.25) is 0 Å². The van der Waals surface area contributed by atoms with Crippen LogP contribution in [0, 0.1) is 11.5 Å². The smallest absolute Gasteiger partial charge is 0.179 e. The zero-order valence-electron chi connectivity index (χ0n) is 6.37. The van der Waals surface area contributed by atoms with Crippen LogP contribution in [0.1, 0.15) is 13.8 Å². The third-order valence-electron chi connectivity index (χ3n) is 1.56. The Labute approximate surface area is 61.2 Å². The van der Waals surface area contributed by atoms with Crippen LogP contribution in [0.25, 0.3) is 0 Å². The summed E-state index contributed by atoms with van der Waals surface area (Å²) in [5.74, 6) is 0.